The Kier molecular flexibility index (Phi) is 6.33. The molecule has 0 saturated heterocycles. The van der Waals surface area contributed by atoms with Gasteiger partial charge in [0.15, 0.2) is 0 Å². The zero-order chi connectivity index (χ0) is 14.4. The van der Waals surface area contributed by atoms with E-state index in [1.54, 1.807) is 17.8 Å². The van der Waals surface area contributed by atoms with Gasteiger partial charge in [-0.15, -0.1) is 11.8 Å². The maximum absolute atomic E-state index is 13.5. The predicted octanol–water partition coefficient (Wildman–Crippen LogP) is 3.40. The lowest BCUT2D eigenvalue weighted by molar-refractivity contribution is 0.132. The normalized spacial score (nSPS) is 23.2. The van der Waals surface area contributed by atoms with E-state index < -0.39 is 0 Å². The van der Waals surface area contributed by atoms with Gasteiger partial charge in [0.2, 0.25) is 0 Å². The molecule has 0 aliphatic heterocycles. The molecule has 1 N–H and O–H groups in total. The van der Waals surface area contributed by atoms with Crippen LogP contribution in [0.3, 0.4) is 0 Å². The molecule has 0 heterocycles. The second-order valence-electron chi connectivity index (χ2n) is 5.62. The van der Waals surface area contributed by atoms with Crippen LogP contribution in [0.25, 0.3) is 0 Å². The molecule has 1 aliphatic carbocycles. The van der Waals surface area contributed by atoms with Crippen LogP contribution in [-0.4, -0.2) is 42.0 Å². The van der Waals surface area contributed by atoms with E-state index in [4.69, 9.17) is 5.11 Å². The number of thioether (sulfide) groups is 1. The molecule has 0 amide bonds. The zero-order valence-corrected chi connectivity index (χ0v) is 12.9. The number of halogens is 1. The summed E-state index contributed by atoms with van der Waals surface area (Å²) in [7, 11) is 2.16. The highest BCUT2D eigenvalue weighted by molar-refractivity contribution is 7.99. The Bertz CT molecular complexity index is 407. The van der Waals surface area contributed by atoms with Gasteiger partial charge in [0.05, 0.1) is 0 Å². The SMILES string of the molecule is CN(CCSc1ccccc1F)C1CCC(CO)CC1. The molecule has 0 radical (unpaired) electrons. The van der Waals surface area contributed by atoms with Crippen molar-refractivity contribution in [3.05, 3.63) is 30.1 Å². The molecule has 4 heteroatoms. The first-order chi connectivity index (χ1) is 9.70. The third kappa shape index (κ3) is 4.47. The molecule has 112 valence electrons. The Morgan fingerprint density at radius 3 is 2.60 bits per heavy atom. The van der Waals surface area contributed by atoms with Crippen LogP contribution < -0.4 is 0 Å². The zero-order valence-electron chi connectivity index (χ0n) is 12.1. The summed E-state index contributed by atoms with van der Waals surface area (Å²) in [6.07, 6.45) is 4.61. The minimum atomic E-state index is -0.122. The largest absolute Gasteiger partial charge is 0.396 e. The quantitative estimate of drug-likeness (QED) is 0.814. The van der Waals surface area contributed by atoms with Gasteiger partial charge in [0.25, 0.3) is 0 Å². The number of hydrogen-bond acceptors (Lipinski definition) is 3. The topological polar surface area (TPSA) is 23.5 Å². The molecular weight excluding hydrogens is 273 g/mol. The van der Waals surface area contributed by atoms with E-state index in [0.29, 0.717) is 18.6 Å². The van der Waals surface area contributed by atoms with Crippen molar-refractivity contribution in [2.75, 3.05) is 26.0 Å². The first kappa shape index (κ1) is 15.8. The highest BCUT2D eigenvalue weighted by Crippen LogP contribution is 2.27. The first-order valence-corrected chi connectivity index (χ1v) is 8.37. The molecule has 2 rings (SSSR count). The van der Waals surface area contributed by atoms with E-state index >= 15 is 0 Å². The highest BCUT2D eigenvalue weighted by atomic mass is 32.2. The summed E-state index contributed by atoms with van der Waals surface area (Å²) in [5.74, 6) is 1.30. The molecule has 20 heavy (non-hydrogen) atoms. The molecule has 2 nitrogen and oxygen atoms in total. The molecule has 0 aromatic heterocycles. The monoisotopic (exact) mass is 297 g/mol. The van der Waals surface area contributed by atoms with Gasteiger partial charge < -0.3 is 10.0 Å². The second-order valence-corrected chi connectivity index (χ2v) is 6.75. The Hall–Kier alpha value is -0.580. The predicted molar refractivity (Wildman–Crippen MR) is 82.6 cm³/mol. The summed E-state index contributed by atoms with van der Waals surface area (Å²) < 4.78 is 13.5. The third-order valence-corrected chi connectivity index (χ3v) is 5.26. The van der Waals surface area contributed by atoms with Crippen molar-refractivity contribution >= 4 is 11.8 Å². The van der Waals surface area contributed by atoms with Gasteiger partial charge in [-0.25, -0.2) is 4.39 Å². The van der Waals surface area contributed by atoms with Gasteiger partial charge >= 0.3 is 0 Å². The highest BCUT2D eigenvalue weighted by Gasteiger charge is 2.23. The summed E-state index contributed by atoms with van der Waals surface area (Å²) in [5.41, 5.74) is 0. The Morgan fingerprint density at radius 1 is 1.25 bits per heavy atom. The van der Waals surface area contributed by atoms with E-state index in [9.17, 15) is 4.39 Å². The van der Waals surface area contributed by atoms with Crippen LogP contribution in [0.4, 0.5) is 4.39 Å². The summed E-state index contributed by atoms with van der Waals surface area (Å²) >= 11 is 1.59. The fourth-order valence-electron chi connectivity index (χ4n) is 2.81. The van der Waals surface area contributed by atoms with Crippen molar-refractivity contribution in [3.8, 4) is 0 Å². The number of aliphatic hydroxyl groups is 1. The van der Waals surface area contributed by atoms with Crippen molar-refractivity contribution in [2.24, 2.45) is 5.92 Å². The summed E-state index contributed by atoms with van der Waals surface area (Å²) in [6, 6.07) is 7.59. The van der Waals surface area contributed by atoms with Gasteiger partial charge in [-0.05, 0) is 50.8 Å². The standard InChI is InChI=1S/C16H24FNOS/c1-18(14-8-6-13(12-19)7-9-14)10-11-20-16-5-3-2-4-15(16)17/h2-5,13-14,19H,6-12H2,1H3. The van der Waals surface area contributed by atoms with Crippen LogP contribution in [0, 0.1) is 11.7 Å². The number of rotatable bonds is 6. The summed E-state index contributed by atoms with van der Waals surface area (Å²) in [5, 5.41) is 9.16. The summed E-state index contributed by atoms with van der Waals surface area (Å²) in [6.45, 7) is 1.31. The van der Waals surface area contributed by atoms with Crippen molar-refractivity contribution in [2.45, 2.75) is 36.6 Å². The average molecular weight is 297 g/mol. The van der Waals surface area contributed by atoms with Crippen molar-refractivity contribution in [1.29, 1.82) is 0 Å². The number of aliphatic hydroxyl groups excluding tert-OH is 1. The molecule has 0 unspecified atom stereocenters. The molecule has 1 aromatic rings. The van der Waals surface area contributed by atoms with E-state index in [1.165, 1.54) is 18.9 Å². The van der Waals surface area contributed by atoms with E-state index in [-0.39, 0.29) is 5.82 Å². The van der Waals surface area contributed by atoms with E-state index in [0.717, 1.165) is 30.0 Å². The lowest BCUT2D eigenvalue weighted by Gasteiger charge is -2.34. The fraction of sp³-hybridized carbons (Fsp3) is 0.625. The minimum absolute atomic E-state index is 0.122. The molecular formula is C16H24FNOS. The maximum Gasteiger partial charge on any atom is 0.136 e. The number of benzene rings is 1. The fourth-order valence-corrected chi connectivity index (χ4v) is 3.79. The van der Waals surface area contributed by atoms with Gasteiger partial charge in [0.1, 0.15) is 5.82 Å². The summed E-state index contributed by atoms with van der Waals surface area (Å²) in [4.78, 5) is 3.13. The van der Waals surface area contributed by atoms with Crippen molar-refractivity contribution < 1.29 is 9.50 Å². The molecule has 0 spiro atoms. The van der Waals surface area contributed by atoms with Gasteiger partial charge in [-0.2, -0.15) is 0 Å². The molecule has 0 atom stereocenters. The van der Waals surface area contributed by atoms with Crippen LogP contribution in [-0.2, 0) is 0 Å². The van der Waals surface area contributed by atoms with Gasteiger partial charge in [0, 0.05) is 29.8 Å². The van der Waals surface area contributed by atoms with E-state index in [2.05, 4.69) is 11.9 Å². The first-order valence-electron chi connectivity index (χ1n) is 7.39. The van der Waals surface area contributed by atoms with Crippen LogP contribution in [0.2, 0.25) is 0 Å². The van der Waals surface area contributed by atoms with Crippen molar-refractivity contribution in [3.63, 3.8) is 0 Å². The van der Waals surface area contributed by atoms with E-state index in [1.807, 2.05) is 12.1 Å². The molecule has 1 saturated carbocycles. The minimum Gasteiger partial charge on any atom is -0.396 e. The lowest BCUT2D eigenvalue weighted by Crippen LogP contribution is -2.37. The molecule has 0 bridgehead atoms. The maximum atomic E-state index is 13.5. The third-order valence-electron chi connectivity index (χ3n) is 4.24. The Labute approximate surface area is 125 Å². The van der Waals surface area contributed by atoms with Gasteiger partial charge in [-0.3, -0.25) is 0 Å². The molecule has 1 fully saturated rings. The van der Waals surface area contributed by atoms with Crippen LogP contribution in [0.1, 0.15) is 25.7 Å². The number of hydrogen-bond donors (Lipinski definition) is 1. The van der Waals surface area contributed by atoms with Crippen LogP contribution in [0.5, 0.6) is 0 Å². The van der Waals surface area contributed by atoms with Gasteiger partial charge in [-0.1, -0.05) is 12.1 Å². The molecule has 1 aliphatic rings. The molecule has 1 aromatic carbocycles. The Balaban J connectivity index is 1.70. The van der Waals surface area contributed by atoms with Crippen LogP contribution >= 0.6 is 11.8 Å². The van der Waals surface area contributed by atoms with Crippen molar-refractivity contribution in [1.82, 2.24) is 4.90 Å². The smallest absolute Gasteiger partial charge is 0.136 e. The number of nitrogens with zero attached hydrogens (tertiary/aromatic N) is 1. The van der Waals surface area contributed by atoms with Crippen LogP contribution in [0.15, 0.2) is 29.2 Å². The average Bonchev–Trinajstić information content (AvgIpc) is 2.49. The Morgan fingerprint density at radius 2 is 1.95 bits per heavy atom. The lowest BCUT2D eigenvalue weighted by atomic mass is 9.86. The second kappa shape index (κ2) is 8.01.